The first kappa shape index (κ1) is 17.3. The number of carbonyl (C=O) groups excluding carboxylic acids is 2. The van der Waals surface area contributed by atoms with Gasteiger partial charge in [0, 0.05) is 22.6 Å². The maximum Gasteiger partial charge on any atom is 0.318 e. The molecule has 0 saturated heterocycles. The van der Waals surface area contributed by atoms with Gasteiger partial charge in [-0.25, -0.2) is 0 Å². The van der Waals surface area contributed by atoms with Crippen molar-refractivity contribution in [2.24, 2.45) is 0 Å². The van der Waals surface area contributed by atoms with E-state index in [4.69, 9.17) is 0 Å². The summed E-state index contributed by atoms with van der Waals surface area (Å²) >= 11 is 1.30. The van der Waals surface area contributed by atoms with E-state index in [1.54, 1.807) is 6.92 Å². The van der Waals surface area contributed by atoms with E-state index < -0.39 is 0 Å². The molecule has 1 aromatic carbocycles. The number of nitrogens with zero attached hydrogens (tertiary/aromatic N) is 1. The van der Waals surface area contributed by atoms with Crippen LogP contribution in [0.15, 0.2) is 36.4 Å². The van der Waals surface area contributed by atoms with Crippen LogP contribution in [0.25, 0.3) is 5.69 Å². The highest BCUT2D eigenvalue weighted by Crippen LogP contribution is 2.23. The number of rotatable bonds is 6. The minimum atomic E-state index is -0.346. The summed E-state index contributed by atoms with van der Waals surface area (Å²) < 4.78 is 6.75. The van der Waals surface area contributed by atoms with Gasteiger partial charge in [0.1, 0.15) is 5.25 Å². The Morgan fingerprint density at radius 3 is 2.48 bits per heavy atom. The lowest BCUT2D eigenvalue weighted by Gasteiger charge is -2.10. The number of thioether (sulfide) groups is 1. The van der Waals surface area contributed by atoms with Crippen molar-refractivity contribution < 1.29 is 14.3 Å². The summed E-state index contributed by atoms with van der Waals surface area (Å²) in [5.74, 6) is -0.0198. The van der Waals surface area contributed by atoms with E-state index in [-0.39, 0.29) is 22.8 Å². The standard InChI is InChI=1S/C18H21NO3S/c1-12-10-16(17(20)11-23-14(3)18(21)22-4)13(2)19(12)15-8-6-5-7-9-15/h5-10,14H,11H2,1-4H3. The maximum atomic E-state index is 12.5. The van der Waals surface area contributed by atoms with Crippen LogP contribution in [0.5, 0.6) is 0 Å². The summed E-state index contributed by atoms with van der Waals surface area (Å²) in [4.78, 5) is 23.9. The number of Topliss-reactive ketones (excluding diaryl/α,β-unsaturated/α-hetero) is 1. The van der Waals surface area contributed by atoms with Crippen LogP contribution in [-0.2, 0) is 9.53 Å². The summed E-state index contributed by atoms with van der Waals surface area (Å²) in [5.41, 5.74) is 3.68. The molecule has 0 saturated carbocycles. The van der Waals surface area contributed by atoms with Gasteiger partial charge in [0.2, 0.25) is 0 Å². The topological polar surface area (TPSA) is 48.3 Å². The molecule has 1 heterocycles. The molecule has 0 amide bonds. The first-order valence-electron chi connectivity index (χ1n) is 7.42. The number of carbonyl (C=O) groups is 2. The zero-order valence-electron chi connectivity index (χ0n) is 13.8. The lowest BCUT2D eigenvalue weighted by atomic mass is 10.2. The number of aromatic nitrogens is 1. The van der Waals surface area contributed by atoms with Crippen LogP contribution in [0, 0.1) is 13.8 Å². The highest BCUT2D eigenvalue weighted by Gasteiger charge is 2.20. The molecular formula is C18H21NO3S. The Bertz CT molecular complexity index is 707. The summed E-state index contributed by atoms with van der Waals surface area (Å²) in [5, 5.41) is -0.346. The van der Waals surface area contributed by atoms with Gasteiger partial charge in [-0.05, 0) is 39.0 Å². The van der Waals surface area contributed by atoms with E-state index in [9.17, 15) is 9.59 Å². The van der Waals surface area contributed by atoms with Crippen molar-refractivity contribution in [2.75, 3.05) is 12.9 Å². The van der Waals surface area contributed by atoms with E-state index in [0.717, 1.165) is 17.1 Å². The molecule has 0 spiro atoms. The molecule has 0 radical (unpaired) electrons. The molecular weight excluding hydrogens is 310 g/mol. The molecule has 0 aliphatic carbocycles. The molecule has 0 N–H and O–H groups in total. The van der Waals surface area contributed by atoms with Crippen LogP contribution in [0.2, 0.25) is 0 Å². The highest BCUT2D eigenvalue weighted by molar-refractivity contribution is 8.01. The van der Waals surface area contributed by atoms with E-state index in [1.807, 2.05) is 50.2 Å². The molecule has 0 aliphatic heterocycles. The Hall–Kier alpha value is -2.01. The largest absolute Gasteiger partial charge is 0.468 e. The number of para-hydroxylation sites is 1. The molecule has 1 unspecified atom stereocenters. The number of benzene rings is 1. The third-order valence-electron chi connectivity index (χ3n) is 3.74. The monoisotopic (exact) mass is 331 g/mol. The van der Waals surface area contributed by atoms with Gasteiger partial charge in [-0.3, -0.25) is 9.59 Å². The van der Waals surface area contributed by atoms with Crippen LogP contribution < -0.4 is 0 Å². The van der Waals surface area contributed by atoms with E-state index in [0.29, 0.717) is 5.56 Å². The van der Waals surface area contributed by atoms with Crippen molar-refractivity contribution in [1.29, 1.82) is 0 Å². The van der Waals surface area contributed by atoms with Crippen LogP contribution in [0.1, 0.15) is 28.7 Å². The van der Waals surface area contributed by atoms with E-state index in [2.05, 4.69) is 9.30 Å². The van der Waals surface area contributed by atoms with Crippen LogP contribution >= 0.6 is 11.8 Å². The van der Waals surface area contributed by atoms with Crippen molar-refractivity contribution >= 4 is 23.5 Å². The molecule has 0 fully saturated rings. The van der Waals surface area contributed by atoms with Crippen molar-refractivity contribution in [2.45, 2.75) is 26.0 Å². The molecule has 4 nitrogen and oxygen atoms in total. The summed E-state index contributed by atoms with van der Waals surface area (Å²) in [7, 11) is 1.36. The average Bonchev–Trinajstić information content (AvgIpc) is 2.86. The van der Waals surface area contributed by atoms with Gasteiger partial charge < -0.3 is 9.30 Å². The third-order valence-corrected chi connectivity index (χ3v) is 4.86. The van der Waals surface area contributed by atoms with Crippen molar-refractivity contribution in [3.8, 4) is 5.69 Å². The quantitative estimate of drug-likeness (QED) is 0.600. The summed E-state index contributed by atoms with van der Waals surface area (Å²) in [6, 6.07) is 11.9. The molecule has 2 rings (SSSR count). The van der Waals surface area contributed by atoms with Gasteiger partial charge in [0.05, 0.1) is 12.9 Å². The van der Waals surface area contributed by atoms with Gasteiger partial charge in [-0.2, -0.15) is 0 Å². The van der Waals surface area contributed by atoms with Crippen molar-refractivity contribution in [3.05, 3.63) is 53.3 Å². The van der Waals surface area contributed by atoms with Crippen molar-refractivity contribution in [1.82, 2.24) is 4.57 Å². The second kappa shape index (κ2) is 7.51. The lowest BCUT2D eigenvalue weighted by molar-refractivity contribution is -0.139. The number of hydrogen-bond donors (Lipinski definition) is 0. The molecule has 5 heteroatoms. The molecule has 1 atom stereocenters. The van der Waals surface area contributed by atoms with Gasteiger partial charge >= 0.3 is 5.97 Å². The minimum Gasteiger partial charge on any atom is -0.468 e. The zero-order chi connectivity index (χ0) is 17.0. The molecule has 2 aromatic rings. The summed E-state index contributed by atoms with van der Waals surface area (Å²) in [6.45, 7) is 5.68. The zero-order valence-corrected chi connectivity index (χ0v) is 14.6. The number of ketones is 1. The summed E-state index contributed by atoms with van der Waals surface area (Å²) in [6.07, 6.45) is 0. The highest BCUT2D eigenvalue weighted by atomic mass is 32.2. The first-order chi connectivity index (χ1) is 11.0. The number of ether oxygens (including phenoxy) is 1. The van der Waals surface area contributed by atoms with Gasteiger partial charge in [0.15, 0.2) is 5.78 Å². The predicted octanol–water partition coefficient (Wildman–Crippen LogP) is 3.57. The molecule has 0 bridgehead atoms. The van der Waals surface area contributed by atoms with Crippen LogP contribution in [-0.4, -0.2) is 34.4 Å². The second-order valence-corrected chi connectivity index (χ2v) is 6.68. The SMILES string of the molecule is COC(=O)C(C)SCC(=O)c1cc(C)n(-c2ccccc2)c1C. The minimum absolute atomic E-state index is 0.0287. The lowest BCUT2D eigenvalue weighted by Crippen LogP contribution is -2.17. The second-order valence-electron chi connectivity index (χ2n) is 5.36. The molecule has 122 valence electrons. The maximum absolute atomic E-state index is 12.5. The van der Waals surface area contributed by atoms with E-state index >= 15 is 0 Å². The van der Waals surface area contributed by atoms with Gasteiger partial charge in [-0.15, -0.1) is 11.8 Å². The van der Waals surface area contributed by atoms with Gasteiger partial charge in [-0.1, -0.05) is 18.2 Å². The van der Waals surface area contributed by atoms with Crippen LogP contribution in [0.4, 0.5) is 0 Å². The Morgan fingerprint density at radius 1 is 1.22 bits per heavy atom. The normalized spacial score (nSPS) is 12.0. The Balaban J connectivity index is 2.18. The number of esters is 1. The Morgan fingerprint density at radius 2 is 1.87 bits per heavy atom. The molecule has 1 aromatic heterocycles. The average molecular weight is 331 g/mol. The number of aryl methyl sites for hydroxylation is 1. The van der Waals surface area contributed by atoms with Gasteiger partial charge in [0.25, 0.3) is 0 Å². The fraction of sp³-hybridized carbons (Fsp3) is 0.333. The van der Waals surface area contributed by atoms with Crippen molar-refractivity contribution in [3.63, 3.8) is 0 Å². The van der Waals surface area contributed by atoms with Crippen LogP contribution in [0.3, 0.4) is 0 Å². The predicted molar refractivity (Wildman–Crippen MR) is 93.5 cm³/mol. The molecule has 23 heavy (non-hydrogen) atoms. The first-order valence-corrected chi connectivity index (χ1v) is 8.47. The smallest absolute Gasteiger partial charge is 0.318 e. The van der Waals surface area contributed by atoms with E-state index in [1.165, 1.54) is 18.9 Å². The fourth-order valence-corrected chi connectivity index (χ4v) is 3.32. The Kier molecular flexibility index (Phi) is 5.66. The number of hydrogen-bond acceptors (Lipinski definition) is 4. The fourth-order valence-electron chi connectivity index (χ4n) is 2.53. The number of methoxy groups -OCH3 is 1. The Labute approximate surface area is 140 Å². The third kappa shape index (κ3) is 3.85. The molecule has 0 aliphatic rings.